The Morgan fingerprint density at radius 1 is 0.689 bits per heavy atom. The van der Waals surface area contributed by atoms with Crippen molar-refractivity contribution in [2.45, 2.75) is 65.7 Å². The van der Waals surface area contributed by atoms with E-state index in [0.717, 1.165) is 24.8 Å². The largest absolute Gasteiger partial charge is 0.198 e. The Morgan fingerprint density at radius 2 is 1.31 bits per heavy atom. The average Bonchev–Trinajstić information content (AvgIpc) is 3.41. The molecule has 45 heavy (non-hydrogen) atoms. The van der Waals surface area contributed by atoms with Crippen LogP contribution in [0.1, 0.15) is 79.8 Å². The topological polar surface area (TPSA) is 23.8 Å². The molecule has 0 saturated carbocycles. The molecule has 0 fully saturated rings. The van der Waals surface area contributed by atoms with Crippen molar-refractivity contribution < 1.29 is 0 Å². The van der Waals surface area contributed by atoms with Gasteiger partial charge in [0, 0.05) is 11.3 Å². The summed E-state index contributed by atoms with van der Waals surface area (Å²) in [5, 5.41) is 24.5. The van der Waals surface area contributed by atoms with Gasteiger partial charge in [-0.3, -0.25) is 0 Å². The Hall–Kier alpha value is -4.67. The lowest BCUT2D eigenvalue weighted by atomic mass is 9.65. The van der Waals surface area contributed by atoms with Crippen molar-refractivity contribution in [3.63, 3.8) is 0 Å². The molecule has 7 aromatic carbocycles. The van der Waals surface area contributed by atoms with E-state index in [1.807, 2.05) is 27.7 Å². The van der Waals surface area contributed by atoms with Crippen LogP contribution >= 0.6 is 0 Å². The number of fused-ring (bicyclic) bond motifs is 1. The van der Waals surface area contributed by atoms with Crippen LogP contribution in [0.2, 0.25) is 0 Å². The Balaban J connectivity index is 0.000000725. The molecule has 0 N–H and O–H groups in total. The lowest BCUT2D eigenvalue weighted by Gasteiger charge is -2.36. The van der Waals surface area contributed by atoms with Crippen LogP contribution in [0, 0.1) is 16.7 Å². The van der Waals surface area contributed by atoms with Gasteiger partial charge in [0.1, 0.15) is 0 Å². The van der Waals surface area contributed by atoms with E-state index in [1.165, 1.54) is 81.7 Å². The molecule has 0 aliphatic heterocycles. The lowest BCUT2D eigenvalue weighted by molar-refractivity contribution is 0.281. The van der Waals surface area contributed by atoms with Crippen LogP contribution in [0.25, 0.3) is 59.9 Å². The van der Waals surface area contributed by atoms with Crippen molar-refractivity contribution in [3.05, 3.63) is 124 Å². The summed E-state index contributed by atoms with van der Waals surface area (Å²) >= 11 is 0. The summed E-state index contributed by atoms with van der Waals surface area (Å²) in [5.41, 5.74) is 8.19. The summed E-state index contributed by atoms with van der Waals surface area (Å²) in [5.74, 6) is -0.0136. The zero-order valence-corrected chi connectivity index (χ0v) is 27.0. The number of rotatable bonds is 2. The van der Waals surface area contributed by atoms with E-state index in [-0.39, 0.29) is 17.3 Å². The molecule has 3 aliphatic rings. The standard InChI is InChI=1S/C40H27N.2C2H6/c1-40(33(21-41)29-18-27-14-12-22-4-2-5-23-13-15-28(19-29)35(27)34(22)23)20-31-30-7-3-6-24-8-9-25-10-11-26-16-17-32(40)39(31)38(26)37(25)36(24)30;2*1-2/h2-7,10-19,32-33H,8-9,20H2,1H3;2*1-2H3. The van der Waals surface area contributed by atoms with Crippen molar-refractivity contribution in [2.24, 2.45) is 5.41 Å². The smallest absolute Gasteiger partial charge is 0.0778 e. The molecular weight excluding hydrogens is 542 g/mol. The zero-order chi connectivity index (χ0) is 31.0. The molecule has 0 radical (unpaired) electrons. The van der Waals surface area contributed by atoms with E-state index in [1.54, 1.807) is 0 Å². The van der Waals surface area contributed by atoms with Gasteiger partial charge >= 0.3 is 0 Å². The number of allylic oxidation sites excluding steroid dienone is 1. The van der Waals surface area contributed by atoms with Crippen molar-refractivity contribution in [1.29, 1.82) is 5.26 Å². The van der Waals surface area contributed by atoms with Gasteiger partial charge in [-0.15, -0.1) is 0 Å². The molecule has 0 heterocycles. The van der Waals surface area contributed by atoms with Crippen molar-refractivity contribution >= 4 is 59.9 Å². The first-order valence-electron chi connectivity index (χ1n) is 16.9. The summed E-state index contributed by atoms with van der Waals surface area (Å²) in [6.07, 6.45) is 7.91. The molecule has 10 rings (SSSR count). The molecule has 1 heteroatoms. The zero-order valence-electron chi connectivity index (χ0n) is 27.0. The second-order valence-corrected chi connectivity index (χ2v) is 12.9. The van der Waals surface area contributed by atoms with E-state index < -0.39 is 0 Å². The molecule has 0 amide bonds. The molecule has 0 spiro atoms. The van der Waals surface area contributed by atoms with Crippen molar-refractivity contribution in [1.82, 2.24) is 0 Å². The summed E-state index contributed by atoms with van der Waals surface area (Å²) in [7, 11) is 0. The number of benzene rings is 7. The molecule has 220 valence electrons. The molecule has 0 aromatic heterocycles. The third kappa shape index (κ3) is 3.60. The minimum Gasteiger partial charge on any atom is -0.198 e. The first-order valence-corrected chi connectivity index (χ1v) is 16.9. The number of hydrogen-bond acceptors (Lipinski definition) is 1. The van der Waals surface area contributed by atoms with Gasteiger partial charge in [-0.1, -0.05) is 120 Å². The second kappa shape index (κ2) is 10.2. The van der Waals surface area contributed by atoms with Crippen LogP contribution in [0.15, 0.2) is 91.0 Å². The third-order valence-electron chi connectivity index (χ3n) is 11.0. The molecule has 0 bridgehead atoms. The summed E-state index contributed by atoms with van der Waals surface area (Å²) in [4.78, 5) is 0. The maximum Gasteiger partial charge on any atom is 0.0778 e. The molecule has 1 nitrogen and oxygen atoms in total. The van der Waals surface area contributed by atoms with Crippen molar-refractivity contribution in [2.75, 3.05) is 0 Å². The van der Waals surface area contributed by atoms with Crippen LogP contribution in [0.3, 0.4) is 0 Å². The van der Waals surface area contributed by atoms with Crippen molar-refractivity contribution in [3.8, 4) is 6.07 Å². The Morgan fingerprint density at radius 3 is 2.00 bits per heavy atom. The highest BCUT2D eigenvalue weighted by atomic mass is 14.5. The SMILES string of the molecule is CC.CC.CC1(C(C#N)c2cc3ccc4cccc5ccc(c2)c3c45)Cc2c3c4c(ccc5c4c4c(cccc24)CC5)C=CC31. The summed E-state index contributed by atoms with van der Waals surface area (Å²) in [6.45, 7) is 10.4. The molecular formula is C44H39N. The first-order chi connectivity index (χ1) is 22.1. The predicted molar refractivity (Wildman–Crippen MR) is 194 cm³/mol. The van der Waals surface area contributed by atoms with Crippen LogP contribution in [0.4, 0.5) is 0 Å². The monoisotopic (exact) mass is 581 g/mol. The van der Waals surface area contributed by atoms with E-state index >= 15 is 0 Å². The van der Waals surface area contributed by atoms with Crippen LogP contribution < -0.4 is 0 Å². The Labute approximate surface area is 266 Å². The van der Waals surface area contributed by atoms with Gasteiger partial charge in [-0.25, -0.2) is 0 Å². The van der Waals surface area contributed by atoms with Gasteiger partial charge < -0.3 is 0 Å². The van der Waals surface area contributed by atoms with Gasteiger partial charge in [0.25, 0.3) is 0 Å². The van der Waals surface area contributed by atoms with E-state index in [0.29, 0.717) is 0 Å². The van der Waals surface area contributed by atoms with Gasteiger partial charge in [-0.2, -0.15) is 5.26 Å². The molecule has 0 saturated heterocycles. The minimum absolute atomic E-state index is 0.214. The van der Waals surface area contributed by atoms with E-state index in [9.17, 15) is 5.26 Å². The Bertz CT molecular complexity index is 2320. The maximum atomic E-state index is 11.0. The highest BCUT2D eigenvalue weighted by Gasteiger charge is 2.50. The maximum absolute atomic E-state index is 11.0. The predicted octanol–water partition coefficient (Wildman–Crippen LogP) is 12.0. The van der Waals surface area contributed by atoms with Gasteiger partial charge in [-0.05, 0) is 119 Å². The van der Waals surface area contributed by atoms with Crippen LogP contribution in [-0.4, -0.2) is 0 Å². The number of aryl methyl sites for hydroxylation is 2. The average molecular weight is 582 g/mol. The highest BCUT2D eigenvalue weighted by Crippen LogP contribution is 2.61. The van der Waals surface area contributed by atoms with Gasteiger partial charge in [0.15, 0.2) is 0 Å². The Kier molecular flexibility index (Phi) is 6.30. The molecule has 7 aromatic rings. The fraction of sp³-hybridized carbons (Fsp3) is 0.250. The van der Waals surface area contributed by atoms with Gasteiger partial charge in [0.2, 0.25) is 0 Å². The fourth-order valence-corrected chi connectivity index (χ4v) is 9.20. The highest BCUT2D eigenvalue weighted by molar-refractivity contribution is 6.23. The van der Waals surface area contributed by atoms with E-state index in [2.05, 4.69) is 110 Å². The fourth-order valence-electron chi connectivity index (χ4n) is 9.20. The summed E-state index contributed by atoms with van der Waals surface area (Å²) < 4.78 is 0. The molecule has 3 aliphatic carbocycles. The van der Waals surface area contributed by atoms with E-state index in [4.69, 9.17) is 0 Å². The lowest BCUT2D eigenvalue weighted by Crippen LogP contribution is -2.29. The second-order valence-electron chi connectivity index (χ2n) is 12.9. The number of hydrogen-bond donors (Lipinski definition) is 0. The quantitative estimate of drug-likeness (QED) is 0.186. The third-order valence-corrected chi connectivity index (χ3v) is 11.0. The van der Waals surface area contributed by atoms with Crippen LogP contribution in [-0.2, 0) is 19.3 Å². The van der Waals surface area contributed by atoms with Crippen LogP contribution in [0.5, 0.6) is 0 Å². The summed E-state index contributed by atoms with van der Waals surface area (Å²) in [6, 6.07) is 34.6. The van der Waals surface area contributed by atoms with Gasteiger partial charge in [0.05, 0.1) is 12.0 Å². The molecule has 3 atom stereocenters. The number of nitriles is 1. The number of nitrogens with zero attached hydrogens (tertiary/aromatic N) is 1. The first kappa shape index (κ1) is 27.8. The molecule has 3 unspecified atom stereocenters. The minimum atomic E-state index is -0.243. The normalized spacial score (nSPS) is 19.5.